The number of rotatable bonds is 2. The highest BCUT2D eigenvalue weighted by atomic mass is 16.2. The number of likely N-dealkylation sites (N-methyl/N-ethyl adjacent to an activating group) is 1. The number of aromatic nitrogens is 1. The lowest BCUT2D eigenvalue weighted by Crippen LogP contribution is -2.37. The second-order valence-electron chi connectivity index (χ2n) is 6.98. The number of anilines is 2. The molecule has 0 spiro atoms. The molecule has 6 heteroatoms. The van der Waals surface area contributed by atoms with Crippen molar-refractivity contribution >= 4 is 23.3 Å². The Balaban J connectivity index is 1.49. The monoisotopic (exact) mass is 370 g/mol. The Bertz CT molecular complexity index is 1080. The molecular formula is C22H18N4O2. The first kappa shape index (κ1) is 16.5. The van der Waals surface area contributed by atoms with Crippen LogP contribution in [0, 0.1) is 0 Å². The third-order valence-corrected chi connectivity index (χ3v) is 5.38. The minimum absolute atomic E-state index is 0.0643. The van der Waals surface area contributed by atoms with Gasteiger partial charge in [0.2, 0.25) is 5.91 Å². The van der Waals surface area contributed by atoms with E-state index < -0.39 is 0 Å². The number of benzene rings is 2. The Labute approximate surface area is 162 Å². The van der Waals surface area contributed by atoms with Crippen LogP contribution in [0.2, 0.25) is 0 Å². The molecule has 0 saturated carbocycles. The van der Waals surface area contributed by atoms with Gasteiger partial charge in [-0.3, -0.25) is 9.59 Å². The van der Waals surface area contributed by atoms with Crippen molar-refractivity contribution in [3.05, 3.63) is 77.5 Å². The third-order valence-electron chi connectivity index (χ3n) is 5.38. The number of nitrogens with zero attached hydrogens (tertiary/aromatic N) is 2. The van der Waals surface area contributed by atoms with Crippen LogP contribution in [0.5, 0.6) is 0 Å². The van der Waals surface area contributed by atoms with Crippen LogP contribution >= 0.6 is 0 Å². The van der Waals surface area contributed by atoms with E-state index >= 15 is 0 Å². The predicted octanol–water partition coefficient (Wildman–Crippen LogP) is 2.97. The van der Waals surface area contributed by atoms with Crippen molar-refractivity contribution < 1.29 is 9.59 Å². The zero-order valence-electron chi connectivity index (χ0n) is 15.3. The number of carbonyl (C=O) groups excluding carboxylic acids is 2. The van der Waals surface area contributed by atoms with E-state index in [1.165, 1.54) is 11.1 Å². The molecule has 2 aliphatic rings. The molecule has 2 amide bonds. The Morgan fingerprint density at radius 2 is 1.75 bits per heavy atom. The summed E-state index contributed by atoms with van der Waals surface area (Å²) < 4.78 is 0. The molecule has 1 aromatic heterocycles. The summed E-state index contributed by atoms with van der Waals surface area (Å²) in [4.78, 5) is 30.8. The standard InChI is InChI=1S/C22H18N4O2/c1-26-18-10-13(11-23-21(18)24-12-19(26)27)22(28)25-20-16-8-4-2-6-14(16)15-7-3-5-9-17(15)20/h2-11,20H,12H2,1H3,(H,23,24)(H,25,28). The van der Waals surface area contributed by atoms with Crippen molar-refractivity contribution in [3.8, 4) is 11.1 Å². The molecule has 0 fully saturated rings. The number of amides is 2. The minimum Gasteiger partial charge on any atom is -0.359 e. The molecule has 28 heavy (non-hydrogen) atoms. The Kier molecular flexibility index (Phi) is 3.65. The van der Waals surface area contributed by atoms with Crippen molar-refractivity contribution in [1.82, 2.24) is 10.3 Å². The molecule has 1 aliphatic carbocycles. The minimum atomic E-state index is -0.224. The first-order valence-corrected chi connectivity index (χ1v) is 9.13. The van der Waals surface area contributed by atoms with Crippen molar-refractivity contribution in [2.45, 2.75) is 6.04 Å². The number of pyridine rings is 1. The zero-order chi connectivity index (χ0) is 19.3. The van der Waals surface area contributed by atoms with Crippen LogP contribution in [0.25, 0.3) is 11.1 Å². The van der Waals surface area contributed by atoms with Gasteiger partial charge in [0.1, 0.15) is 5.82 Å². The molecule has 0 saturated heterocycles. The fraction of sp³-hybridized carbons (Fsp3) is 0.136. The van der Waals surface area contributed by atoms with Crippen molar-refractivity contribution in [3.63, 3.8) is 0 Å². The fourth-order valence-electron chi connectivity index (χ4n) is 3.91. The van der Waals surface area contributed by atoms with E-state index in [1.807, 2.05) is 36.4 Å². The first-order valence-electron chi connectivity index (χ1n) is 9.13. The largest absolute Gasteiger partial charge is 0.359 e. The fourth-order valence-corrected chi connectivity index (χ4v) is 3.91. The van der Waals surface area contributed by atoms with Crippen LogP contribution in [0.15, 0.2) is 60.8 Å². The molecular weight excluding hydrogens is 352 g/mol. The average molecular weight is 370 g/mol. The van der Waals surface area contributed by atoms with Crippen molar-refractivity contribution in [2.24, 2.45) is 0 Å². The van der Waals surface area contributed by atoms with Gasteiger partial charge < -0.3 is 15.5 Å². The van der Waals surface area contributed by atoms with E-state index in [9.17, 15) is 9.59 Å². The number of carbonyl (C=O) groups is 2. The number of nitrogens with one attached hydrogen (secondary N) is 2. The van der Waals surface area contributed by atoms with Crippen LogP contribution in [-0.4, -0.2) is 30.4 Å². The summed E-state index contributed by atoms with van der Waals surface area (Å²) >= 11 is 0. The molecule has 1 aliphatic heterocycles. The maximum Gasteiger partial charge on any atom is 0.253 e. The Hall–Kier alpha value is -3.67. The van der Waals surface area contributed by atoms with Gasteiger partial charge in [-0.2, -0.15) is 0 Å². The van der Waals surface area contributed by atoms with Crippen LogP contribution in [0.4, 0.5) is 11.5 Å². The van der Waals surface area contributed by atoms with Gasteiger partial charge in [0.05, 0.1) is 23.8 Å². The van der Waals surface area contributed by atoms with E-state index in [4.69, 9.17) is 0 Å². The summed E-state index contributed by atoms with van der Waals surface area (Å²) in [5.74, 6) is 0.318. The lowest BCUT2D eigenvalue weighted by molar-refractivity contribution is -0.116. The predicted molar refractivity (Wildman–Crippen MR) is 107 cm³/mol. The van der Waals surface area contributed by atoms with Crippen LogP contribution in [-0.2, 0) is 4.79 Å². The van der Waals surface area contributed by atoms with Crippen molar-refractivity contribution in [2.75, 3.05) is 23.8 Å². The maximum atomic E-state index is 13.0. The SMILES string of the molecule is CN1C(=O)CNc2ncc(C(=O)NC3c4ccccc4-c4ccccc43)cc21. The third kappa shape index (κ3) is 2.45. The van der Waals surface area contributed by atoms with Gasteiger partial charge in [-0.15, -0.1) is 0 Å². The molecule has 138 valence electrons. The summed E-state index contributed by atoms with van der Waals surface area (Å²) in [6, 6.07) is 17.7. The smallest absolute Gasteiger partial charge is 0.253 e. The van der Waals surface area contributed by atoms with Crippen molar-refractivity contribution in [1.29, 1.82) is 0 Å². The average Bonchev–Trinajstić information content (AvgIpc) is 3.05. The van der Waals surface area contributed by atoms with Crippen LogP contribution < -0.4 is 15.5 Å². The van der Waals surface area contributed by atoms with Gasteiger partial charge in [-0.1, -0.05) is 48.5 Å². The number of fused-ring (bicyclic) bond motifs is 4. The van der Waals surface area contributed by atoms with Crippen LogP contribution in [0.1, 0.15) is 27.5 Å². The summed E-state index contributed by atoms with van der Waals surface area (Å²) in [7, 11) is 1.69. The topological polar surface area (TPSA) is 74.3 Å². The van der Waals surface area contributed by atoms with E-state index in [0.29, 0.717) is 17.1 Å². The first-order chi connectivity index (χ1) is 13.6. The van der Waals surface area contributed by atoms with Gasteiger partial charge in [0.15, 0.2) is 0 Å². The second kappa shape index (κ2) is 6.20. The summed E-state index contributed by atoms with van der Waals surface area (Å²) in [6.45, 7) is 0.206. The normalized spacial score (nSPS) is 14.8. The number of hydrogen-bond acceptors (Lipinski definition) is 4. The molecule has 6 nitrogen and oxygen atoms in total. The summed E-state index contributed by atoms with van der Waals surface area (Å²) in [5, 5.41) is 6.11. The van der Waals surface area contributed by atoms with E-state index in [0.717, 1.165) is 22.3 Å². The van der Waals surface area contributed by atoms with Gasteiger partial charge in [0.25, 0.3) is 5.91 Å². The molecule has 5 rings (SSSR count). The molecule has 0 radical (unpaired) electrons. The number of hydrogen-bond donors (Lipinski definition) is 2. The molecule has 2 heterocycles. The highest BCUT2D eigenvalue weighted by molar-refractivity contribution is 6.04. The Morgan fingerprint density at radius 1 is 1.11 bits per heavy atom. The zero-order valence-corrected chi connectivity index (χ0v) is 15.3. The Morgan fingerprint density at radius 3 is 2.43 bits per heavy atom. The molecule has 0 bridgehead atoms. The van der Waals surface area contributed by atoms with E-state index in [-0.39, 0.29) is 24.4 Å². The molecule has 3 aromatic rings. The molecule has 2 N–H and O–H groups in total. The summed E-state index contributed by atoms with van der Waals surface area (Å²) in [6.07, 6.45) is 1.54. The highest BCUT2D eigenvalue weighted by Crippen LogP contribution is 2.43. The quantitative estimate of drug-likeness (QED) is 0.727. The van der Waals surface area contributed by atoms with E-state index in [2.05, 4.69) is 27.8 Å². The van der Waals surface area contributed by atoms with Gasteiger partial charge in [0, 0.05) is 13.2 Å². The maximum absolute atomic E-state index is 13.0. The summed E-state index contributed by atoms with van der Waals surface area (Å²) in [5.41, 5.74) is 5.47. The highest BCUT2D eigenvalue weighted by Gasteiger charge is 2.30. The van der Waals surface area contributed by atoms with Crippen LogP contribution in [0.3, 0.4) is 0 Å². The van der Waals surface area contributed by atoms with Gasteiger partial charge in [-0.25, -0.2) is 4.98 Å². The lowest BCUT2D eigenvalue weighted by Gasteiger charge is -2.26. The van der Waals surface area contributed by atoms with Gasteiger partial charge in [-0.05, 0) is 28.3 Å². The van der Waals surface area contributed by atoms with Gasteiger partial charge >= 0.3 is 0 Å². The lowest BCUT2D eigenvalue weighted by atomic mass is 10.0. The molecule has 0 atom stereocenters. The molecule has 0 unspecified atom stereocenters. The van der Waals surface area contributed by atoms with E-state index in [1.54, 1.807) is 13.1 Å². The second-order valence-corrected chi connectivity index (χ2v) is 6.98. The molecule has 2 aromatic carbocycles.